The van der Waals surface area contributed by atoms with Crippen molar-refractivity contribution in [3.63, 3.8) is 0 Å². The third-order valence-electron chi connectivity index (χ3n) is 6.63. The van der Waals surface area contributed by atoms with Gasteiger partial charge < -0.3 is 14.4 Å². The van der Waals surface area contributed by atoms with E-state index in [0.717, 1.165) is 49.8 Å². The maximum atomic E-state index is 13.2. The summed E-state index contributed by atoms with van der Waals surface area (Å²) in [4.78, 5) is 17.2. The highest BCUT2D eigenvalue weighted by atomic mass is 19.1. The molecule has 0 radical (unpaired) electrons. The fraction of sp³-hybridized carbons (Fsp3) is 0.400. The largest absolute Gasteiger partial charge is 0.506 e. The highest BCUT2D eigenvalue weighted by Crippen LogP contribution is 2.51. The minimum atomic E-state index is -1.22. The van der Waals surface area contributed by atoms with E-state index < -0.39 is 6.16 Å². The van der Waals surface area contributed by atoms with Crippen LogP contribution < -0.4 is 0 Å². The molecule has 1 N–H and O–H groups in total. The lowest BCUT2D eigenvalue weighted by atomic mass is 9.90. The maximum Gasteiger partial charge on any atom is 0.506 e. The number of carbonyl (C=O) groups is 1. The standard InChI is InChI=1S/C25H26FN3O4/c26-20-9-7-19(8-10-20)25(12-13-25)11-1-2-22-27-23(28-33-22)18-5-3-17(4-6-18)14-29-15-21(16-29)32-24(30)31/h3-10,21H,1-2,11-16H2,(H,30,31). The Morgan fingerprint density at radius 3 is 2.55 bits per heavy atom. The minimum absolute atomic E-state index is 0.183. The second kappa shape index (κ2) is 8.94. The molecule has 0 atom stereocenters. The molecule has 2 heterocycles. The molecular formula is C25H26FN3O4. The number of hydrogen-bond donors (Lipinski definition) is 1. The predicted octanol–water partition coefficient (Wildman–Crippen LogP) is 4.81. The van der Waals surface area contributed by atoms with Crippen LogP contribution in [0, 0.1) is 5.82 Å². The summed E-state index contributed by atoms with van der Waals surface area (Å²) in [7, 11) is 0. The molecule has 1 aliphatic carbocycles. The van der Waals surface area contributed by atoms with Crippen LogP contribution in [0.2, 0.25) is 0 Å². The van der Waals surface area contributed by atoms with Gasteiger partial charge in [-0.3, -0.25) is 4.90 Å². The van der Waals surface area contributed by atoms with Gasteiger partial charge in [-0.25, -0.2) is 9.18 Å². The maximum absolute atomic E-state index is 13.2. The van der Waals surface area contributed by atoms with Crippen LogP contribution in [0.5, 0.6) is 0 Å². The summed E-state index contributed by atoms with van der Waals surface area (Å²) in [5.41, 5.74) is 3.43. The molecule has 2 aromatic carbocycles. The molecule has 0 bridgehead atoms. The minimum Gasteiger partial charge on any atom is -0.450 e. The van der Waals surface area contributed by atoms with Gasteiger partial charge in [-0.15, -0.1) is 0 Å². The van der Waals surface area contributed by atoms with Gasteiger partial charge in [0.25, 0.3) is 0 Å². The Hall–Kier alpha value is -3.26. The molecule has 0 unspecified atom stereocenters. The van der Waals surface area contributed by atoms with E-state index in [0.29, 0.717) is 24.8 Å². The van der Waals surface area contributed by atoms with Crippen LogP contribution in [0.3, 0.4) is 0 Å². The SMILES string of the molecule is O=C(O)OC1CN(Cc2ccc(-c3noc(CCCC4(c5ccc(F)cc5)CC4)n3)cc2)C1. The average molecular weight is 451 g/mol. The van der Waals surface area contributed by atoms with Crippen molar-refractivity contribution in [3.8, 4) is 11.4 Å². The Bertz CT molecular complexity index is 1100. The quantitative estimate of drug-likeness (QED) is 0.467. The van der Waals surface area contributed by atoms with Crippen molar-refractivity contribution in [2.75, 3.05) is 13.1 Å². The first-order chi connectivity index (χ1) is 16.0. The molecule has 1 saturated heterocycles. The lowest BCUT2D eigenvalue weighted by Crippen LogP contribution is -2.52. The molecule has 1 aromatic heterocycles. The zero-order chi connectivity index (χ0) is 22.8. The van der Waals surface area contributed by atoms with Crippen molar-refractivity contribution in [3.05, 3.63) is 71.4 Å². The Morgan fingerprint density at radius 2 is 1.88 bits per heavy atom. The molecule has 1 saturated carbocycles. The number of benzene rings is 2. The van der Waals surface area contributed by atoms with Gasteiger partial charge in [-0.1, -0.05) is 41.6 Å². The summed E-state index contributed by atoms with van der Waals surface area (Å²) in [6.45, 7) is 1.97. The third-order valence-corrected chi connectivity index (χ3v) is 6.63. The van der Waals surface area contributed by atoms with Crippen LogP contribution in [0.25, 0.3) is 11.4 Å². The second-order valence-electron chi connectivity index (χ2n) is 9.05. The number of halogens is 1. The number of hydrogen-bond acceptors (Lipinski definition) is 6. The third kappa shape index (κ3) is 5.06. The lowest BCUT2D eigenvalue weighted by Gasteiger charge is -2.37. The summed E-state index contributed by atoms with van der Waals surface area (Å²) in [5.74, 6) is 1.02. The van der Waals surface area contributed by atoms with Crippen LogP contribution in [-0.2, 0) is 23.1 Å². The summed E-state index contributed by atoms with van der Waals surface area (Å²) >= 11 is 0. The molecule has 33 heavy (non-hydrogen) atoms. The second-order valence-corrected chi connectivity index (χ2v) is 9.05. The zero-order valence-corrected chi connectivity index (χ0v) is 18.2. The summed E-state index contributed by atoms with van der Waals surface area (Å²) in [5, 5.41) is 12.8. The number of nitrogens with zero attached hydrogens (tertiary/aromatic N) is 3. The van der Waals surface area contributed by atoms with Crippen molar-refractivity contribution in [1.82, 2.24) is 15.0 Å². The van der Waals surface area contributed by atoms with E-state index in [4.69, 9.17) is 14.4 Å². The molecule has 7 nitrogen and oxygen atoms in total. The van der Waals surface area contributed by atoms with E-state index in [1.54, 1.807) is 12.1 Å². The first-order valence-corrected chi connectivity index (χ1v) is 11.3. The van der Waals surface area contributed by atoms with E-state index >= 15 is 0 Å². The van der Waals surface area contributed by atoms with Crippen molar-refractivity contribution in [1.29, 1.82) is 0 Å². The topological polar surface area (TPSA) is 88.7 Å². The number of carboxylic acid groups (broad SMARTS) is 1. The van der Waals surface area contributed by atoms with Gasteiger partial charge in [0.05, 0.1) is 0 Å². The van der Waals surface area contributed by atoms with Gasteiger partial charge in [0.1, 0.15) is 11.9 Å². The number of aromatic nitrogens is 2. The molecule has 0 spiro atoms. The number of likely N-dealkylation sites (tertiary alicyclic amines) is 1. The molecular weight excluding hydrogens is 425 g/mol. The molecule has 172 valence electrons. The van der Waals surface area contributed by atoms with Gasteiger partial charge in [-0.2, -0.15) is 4.98 Å². The van der Waals surface area contributed by atoms with Crippen LogP contribution in [0.15, 0.2) is 53.1 Å². The van der Waals surface area contributed by atoms with E-state index in [9.17, 15) is 9.18 Å². The number of rotatable bonds is 9. The van der Waals surface area contributed by atoms with E-state index in [2.05, 4.69) is 15.0 Å². The van der Waals surface area contributed by atoms with Crippen LogP contribution in [-0.4, -0.2) is 45.5 Å². The van der Waals surface area contributed by atoms with Gasteiger partial charge >= 0.3 is 6.16 Å². The fourth-order valence-corrected chi connectivity index (χ4v) is 4.58. The van der Waals surface area contributed by atoms with Crippen molar-refractivity contribution < 1.29 is 23.6 Å². The highest BCUT2D eigenvalue weighted by Gasteiger charge is 2.43. The van der Waals surface area contributed by atoms with Crippen LogP contribution in [0.4, 0.5) is 9.18 Å². The number of ether oxygens (including phenoxy) is 1. The van der Waals surface area contributed by atoms with Gasteiger partial charge in [0.15, 0.2) is 0 Å². The summed E-state index contributed by atoms with van der Waals surface area (Å²) in [6.07, 6.45) is 3.53. The lowest BCUT2D eigenvalue weighted by molar-refractivity contribution is -0.0363. The van der Waals surface area contributed by atoms with Crippen molar-refractivity contribution in [2.45, 2.75) is 50.2 Å². The first-order valence-electron chi connectivity index (χ1n) is 11.3. The summed E-state index contributed by atoms with van der Waals surface area (Å²) < 4.78 is 23.4. The highest BCUT2D eigenvalue weighted by molar-refractivity contribution is 5.57. The summed E-state index contributed by atoms with van der Waals surface area (Å²) in [6, 6.07) is 14.9. The molecule has 2 aliphatic rings. The Balaban J connectivity index is 1.10. The van der Waals surface area contributed by atoms with E-state index in [1.165, 1.54) is 5.56 Å². The Kier molecular flexibility index (Phi) is 5.85. The first kappa shape index (κ1) is 21.6. The van der Waals surface area contributed by atoms with Gasteiger partial charge in [0.2, 0.25) is 11.7 Å². The Labute approximate surface area is 191 Å². The zero-order valence-electron chi connectivity index (χ0n) is 18.2. The van der Waals surface area contributed by atoms with E-state index in [1.807, 2.05) is 36.4 Å². The van der Waals surface area contributed by atoms with Crippen molar-refractivity contribution in [2.24, 2.45) is 0 Å². The predicted molar refractivity (Wildman–Crippen MR) is 118 cm³/mol. The molecule has 2 fully saturated rings. The monoisotopic (exact) mass is 451 g/mol. The Morgan fingerprint density at radius 1 is 1.15 bits per heavy atom. The number of aryl methyl sites for hydroxylation is 1. The fourth-order valence-electron chi connectivity index (χ4n) is 4.58. The van der Waals surface area contributed by atoms with Gasteiger partial charge in [-0.05, 0) is 54.4 Å². The average Bonchev–Trinajstić information content (AvgIpc) is 3.41. The van der Waals surface area contributed by atoms with Crippen LogP contribution >= 0.6 is 0 Å². The molecule has 8 heteroatoms. The van der Waals surface area contributed by atoms with Gasteiger partial charge in [0, 0.05) is 31.6 Å². The molecule has 1 aliphatic heterocycles. The van der Waals surface area contributed by atoms with Crippen molar-refractivity contribution >= 4 is 6.16 Å². The van der Waals surface area contributed by atoms with Crippen LogP contribution in [0.1, 0.15) is 42.7 Å². The molecule has 0 amide bonds. The smallest absolute Gasteiger partial charge is 0.450 e. The van der Waals surface area contributed by atoms with E-state index in [-0.39, 0.29) is 17.3 Å². The normalized spacial score (nSPS) is 17.5. The molecule has 3 aromatic rings. The molecule has 5 rings (SSSR count).